The molecule has 0 amide bonds. The fourth-order valence-electron chi connectivity index (χ4n) is 2.41. The topological polar surface area (TPSA) is 54.0 Å². The summed E-state index contributed by atoms with van der Waals surface area (Å²) in [4.78, 5) is 0. The van der Waals surface area contributed by atoms with Crippen LogP contribution < -0.4 is 0 Å². The van der Waals surface area contributed by atoms with Crippen LogP contribution in [0.3, 0.4) is 0 Å². The fourth-order valence-corrected chi connectivity index (χ4v) is 4.85. The van der Waals surface area contributed by atoms with E-state index in [9.17, 15) is 3.74 Å². The number of hydrogen-bond donors (Lipinski definition) is 0. The fraction of sp³-hybridized carbons (Fsp3) is 1.00. The molecule has 0 aromatic rings. The van der Waals surface area contributed by atoms with Crippen molar-refractivity contribution < 1.29 is 22.7 Å². The van der Waals surface area contributed by atoms with Gasteiger partial charge in [0.15, 0.2) is 0 Å². The molecule has 0 radical (unpaired) electrons. The zero-order valence-electron chi connectivity index (χ0n) is 11.0. The van der Waals surface area contributed by atoms with E-state index in [1.807, 2.05) is 25.3 Å². The van der Waals surface area contributed by atoms with Crippen molar-refractivity contribution >= 4 is 13.5 Å². The molecule has 2 saturated heterocycles. The molecule has 0 saturated carbocycles. The SMILES string of the molecule is COC1OC(C[As](C)(C)=O)C2OC(C)(C)OC12. The molecule has 0 aromatic carbocycles. The van der Waals surface area contributed by atoms with Gasteiger partial charge in [-0.1, -0.05) is 0 Å². The Balaban J connectivity index is 2.13. The third kappa shape index (κ3) is 2.96. The molecule has 100 valence electrons. The Labute approximate surface area is 104 Å². The molecule has 0 N–H and O–H groups in total. The average Bonchev–Trinajstić information content (AvgIpc) is 2.59. The van der Waals surface area contributed by atoms with Crippen LogP contribution in [0.2, 0.25) is 16.6 Å². The van der Waals surface area contributed by atoms with Gasteiger partial charge in [0.05, 0.1) is 0 Å². The molecule has 2 rings (SSSR count). The Kier molecular flexibility index (Phi) is 3.52. The van der Waals surface area contributed by atoms with Crippen LogP contribution >= 0.6 is 0 Å². The molecule has 0 bridgehead atoms. The normalized spacial score (nSPS) is 40.5. The van der Waals surface area contributed by atoms with Gasteiger partial charge in [0.25, 0.3) is 0 Å². The molecule has 2 heterocycles. The van der Waals surface area contributed by atoms with E-state index in [0.29, 0.717) is 5.21 Å². The van der Waals surface area contributed by atoms with Crippen molar-refractivity contribution in [2.45, 2.75) is 60.9 Å². The first kappa shape index (κ1) is 13.6. The van der Waals surface area contributed by atoms with Gasteiger partial charge in [-0.2, -0.15) is 0 Å². The molecule has 0 spiro atoms. The maximum absolute atomic E-state index is 12.0. The minimum absolute atomic E-state index is 0.176. The van der Waals surface area contributed by atoms with Crippen LogP contribution in [-0.4, -0.2) is 51.0 Å². The van der Waals surface area contributed by atoms with Crippen LogP contribution in [0.4, 0.5) is 0 Å². The Morgan fingerprint density at radius 1 is 1.24 bits per heavy atom. The standard InChI is InChI=1S/C11H21AsO5/c1-11(2)16-8-7(6-12(3,4)13)15-10(14-5)9(8)17-11/h7-10H,6H2,1-5H3. The molecule has 2 fully saturated rings. The minimum atomic E-state index is -2.77. The van der Waals surface area contributed by atoms with Crippen LogP contribution in [0, 0.1) is 0 Å². The third-order valence-electron chi connectivity index (χ3n) is 2.96. The molecule has 4 unspecified atom stereocenters. The van der Waals surface area contributed by atoms with Crippen molar-refractivity contribution in [1.82, 2.24) is 0 Å². The zero-order valence-corrected chi connectivity index (χ0v) is 12.9. The number of rotatable bonds is 3. The van der Waals surface area contributed by atoms with E-state index >= 15 is 0 Å². The third-order valence-corrected chi connectivity index (χ3v) is 5.56. The van der Waals surface area contributed by atoms with E-state index in [1.54, 1.807) is 7.11 Å². The Bertz CT molecular complexity index is 337. The quantitative estimate of drug-likeness (QED) is 0.740. The van der Waals surface area contributed by atoms with Gasteiger partial charge in [0.1, 0.15) is 0 Å². The molecule has 2 aliphatic heterocycles. The molecule has 5 nitrogen and oxygen atoms in total. The predicted molar refractivity (Wildman–Crippen MR) is 62.5 cm³/mol. The summed E-state index contributed by atoms with van der Waals surface area (Å²) in [5, 5.41) is 0.554. The molecule has 4 atom stereocenters. The van der Waals surface area contributed by atoms with Gasteiger partial charge in [-0.15, -0.1) is 0 Å². The van der Waals surface area contributed by atoms with Gasteiger partial charge in [-0.25, -0.2) is 0 Å². The van der Waals surface area contributed by atoms with Crippen molar-refractivity contribution in [3.63, 3.8) is 0 Å². The molecule has 6 heteroatoms. The van der Waals surface area contributed by atoms with E-state index in [4.69, 9.17) is 18.9 Å². The van der Waals surface area contributed by atoms with Gasteiger partial charge in [-0.3, -0.25) is 0 Å². The number of methoxy groups -OCH3 is 1. The summed E-state index contributed by atoms with van der Waals surface area (Å²) in [6.45, 7) is 3.75. The summed E-state index contributed by atoms with van der Waals surface area (Å²) in [7, 11) is 1.58. The Hall–Kier alpha value is 0.198. The van der Waals surface area contributed by atoms with Gasteiger partial charge < -0.3 is 0 Å². The predicted octanol–water partition coefficient (Wildman–Crippen LogP) is 1.51. The second-order valence-electron chi connectivity index (χ2n) is 5.60. The maximum atomic E-state index is 12.0. The number of fused-ring (bicyclic) bond motifs is 1. The molecule has 2 aliphatic rings. The van der Waals surface area contributed by atoms with Crippen LogP contribution in [0.15, 0.2) is 0 Å². The molecular weight excluding hydrogens is 287 g/mol. The van der Waals surface area contributed by atoms with Crippen LogP contribution in [0.25, 0.3) is 0 Å². The summed E-state index contributed by atoms with van der Waals surface area (Å²) >= 11 is -2.77. The first-order chi connectivity index (χ1) is 7.72. The van der Waals surface area contributed by atoms with Gasteiger partial charge in [-0.05, 0) is 0 Å². The van der Waals surface area contributed by atoms with Gasteiger partial charge in [0.2, 0.25) is 0 Å². The van der Waals surface area contributed by atoms with Crippen LogP contribution in [0.5, 0.6) is 0 Å². The van der Waals surface area contributed by atoms with Crippen molar-refractivity contribution in [2.24, 2.45) is 0 Å². The Morgan fingerprint density at radius 3 is 2.35 bits per heavy atom. The summed E-state index contributed by atoms with van der Waals surface area (Å²) in [5.41, 5.74) is 3.63. The van der Waals surface area contributed by atoms with Crippen molar-refractivity contribution in [3.8, 4) is 0 Å². The summed E-state index contributed by atoms with van der Waals surface area (Å²) in [5.74, 6) is -0.619. The van der Waals surface area contributed by atoms with E-state index in [-0.39, 0.29) is 18.3 Å². The summed E-state index contributed by atoms with van der Waals surface area (Å²) in [6, 6.07) is 0. The number of hydrogen-bond acceptors (Lipinski definition) is 5. The first-order valence-electron chi connectivity index (χ1n) is 5.80. The second-order valence-corrected chi connectivity index (χ2v) is 13.0. The number of ether oxygens (including phenoxy) is 4. The van der Waals surface area contributed by atoms with Gasteiger partial charge >= 0.3 is 104 Å². The summed E-state index contributed by atoms with van der Waals surface area (Å²) < 4.78 is 34.5. The monoisotopic (exact) mass is 308 g/mol. The van der Waals surface area contributed by atoms with E-state index in [0.717, 1.165) is 0 Å². The zero-order chi connectivity index (χ0) is 12.8. The second kappa shape index (κ2) is 4.39. The van der Waals surface area contributed by atoms with Crippen LogP contribution in [0.1, 0.15) is 13.8 Å². The van der Waals surface area contributed by atoms with E-state index in [2.05, 4.69) is 0 Å². The molecule has 0 aromatic heterocycles. The average molecular weight is 308 g/mol. The van der Waals surface area contributed by atoms with Crippen molar-refractivity contribution in [1.29, 1.82) is 0 Å². The molecular formula is C11H21AsO5. The van der Waals surface area contributed by atoms with Crippen molar-refractivity contribution in [3.05, 3.63) is 0 Å². The first-order valence-corrected chi connectivity index (χ1v) is 11.6. The van der Waals surface area contributed by atoms with Crippen molar-refractivity contribution in [2.75, 3.05) is 7.11 Å². The van der Waals surface area contributed by atoms with Gasteiger partial charge in [0, 0.05) is 0 Å². The van der Waals surface area contributed by atoms with E-state index < -0.39 is 25.6 Å². The van der Waals surface area contributed by atoms with E-state index in [1.165, 1.54) is 0 Å². The Morgan fingerprint density at radius 2 is 1.82 bits per heavy atom. The van der Waals surface area contributed by atoms with Crippen LogP contribution in [-0.2, 0) is 22.7 Å². The molecule has 17 heavy (non-hydrogen) atoms. The molecule has 0 aliphatic carbocycles. The summed E-state index contributed by atoms with van der Waals surface area (Å²) in [6.07, 6.45) is -1.01.